The van der Waals surface area contributed by atoms with Crippen molar-refractivity contribution in [2.45, 2.75) is 51.7 Å². The van der Waals surface area contributed by atoms with Crippen molar-refractivity contribution in [1.82, 2.24) is 0 Å². The van der Waals surface area contributed by atoms with E-state index in [0.29, 0.717) is 5.57 Å². The van der Waals surface area contributed by atoms with Gasteiger partial charge in [0.15, 0.2) is 0 Å². The molecule has 0 saturated carbocycles. The number of aliphatic imine (C=N–C) groups is 1. The van der Waals surface area contributed by atoms with E-state index in [9.17, 15) is 9.59 Å². The van der Waals surface area contributed by atoms with Crippen molar-refractivity contribution >= 4 is 18.2 Å². The molecule has 0 aromatic rings. The van der Waals surface area contributed by atoms with Crippen LogP contribution in [0, 0.1) is 0 Å². The van der Waals surface area contributed by atoms with Crippen molar-refractivity contribution in [3.63, 3.8) is 0 Å². The summed E-state index contributed by atoms with van der Waals surface area (Å²) >= 11 is 0. The minimum Gasteiger partial charge on any atom is -0.481 e. The van der Waals surface area contributed by atoms with Gasteiger partial charge in [-0.3, -0.25) is 9.79 Å². The molecule has 0 fully saturated rings. The Kier molecular flexibility index (Phi) is 3.94. The van der Waals surface area contributed by atoms with Gasteiger partial charge < -0.3 is 9.84 Å². The lowest BCUT2D eigenvalue weighted by Crippen LogP contribution is -2.33. The maximum absolute atomic E-state index is 12.0. The Morgan fingerprint density at radius 1 is 1.44 bits per heavy atom. The number of esters is 1. The highest BCUT2D eigenvalue weighted by molar-refractivity contribution is 5.98. The van der Waals surface area contributed by atoms with E-state index in [1.54, 1.807) is 33.8 Å². The monoisotopic (exact) mass is 253 g/mol. The summed E-state index contributed by atoms with van der Waals surface area (Å²) in [5.41, 5.74) is -0.951. The van der Waals surface area contributed by atoms with Crippen molar-refractivity contribution in [2.75, 3.05) is 0 Å². The Hall–Kier alpha value is -1.65. The summed E-state index contributed by atoms with van der Waals surface area (Å²) in [5.74, 6) is -1.34. The summed E-state index contributed by atoms with van der Waals surface area (Å²) in [4.78, 5) is 26.8. The number of nitrogens with zero attached hydrogens (tertiary/aromatic N) is 1. The fourth-order valence-corrected chi connectivity index (χ4v) is 1.70. The van der Waals surface area contributed by atoms with E-state index < -0.39 is 23.1 Å². The molecule has 1 N–H and O–H groups in total. The average molecular weight is 253 g/mol. The van der Waals surface area contributed by atoms with Crippen LogP contribution >= 0.6 is 0 Å². The number of ether oxygens (including phenoxy) is 1. The van der Waals surface area contributed by atoms with Crippen molar-refractivity contribution < 1.29 is 19.4 Å². The van der Waals surface area contributed by atoms with Crippen LogP contribution in [0.1, 0.15) is 40.5 Å². The minimum atomic E-state index is -0.901. The molecular formula is C13H19NO4. The van der Waals surface area contributed by atoms with Gasteiger partial charge in [-0.15, -0.1) is 0 Å². The average Bonchev–Trinajstić information content (AvgIpc) is 2.55. The molecule has 1 aliphatic heterocycles. The first-order chi connectivity index (χ1) is 8.14. The number of carbonyl (C=O) groups excluding carboxylic acids is 1. The third-order valence-electron chi connectivity index (χ3n) is 2.63. The Balaban J connectivity index is 2.77. The molecular weight excluding hydrogens is 234 g/mol. The lowest BCUT2D eigenvalue weighted by Gasteiger charge is -2.26. The molecule has 5 nitrogen and oxygen atoms in total. The van der Waals surface area contributed by atoms with Crippen LogP contribution in [0.3, 0.4) is 0 Å². The second-order valence-electron chi connectivity index (χ2n) is 5.53. The first-order valence-electron chi connectivity index (χ1n) is 5.85. The number of aliphatic carboxylic acids is 1. The fourth-order valence-electron chi connectivity index (χ4n) is 1.70. The molecule has 0 aliphatic carbocycles. The predicted octanol–water partition coefficient (Wildman–Crippen LogP) is 1.96. The molecule has 1 rings (SSSR count). The zero-order chi connectivity index (χ0) is 14.0. The first-order valence-corrected chi connectivity index (χ1v) is 5.85. The van der Waals surface area contributed by atoms with Crippen molar-refractivity contribution in [2.24, 2.45) is 4.99 Å². The lowest BCUT2D eigenvalue weighted by atomic mass is 9.89. The maximum Gasteiger partial charge on any atom is 0.337 e. The predicted molar refractivity (Wildman–Crippen MR) is 67.7 cm³/mol. The largest absolute Gasteiger partial charge is 0.481 e. The van der Waals surface area contributed by atoms with Gasteiger partial charge in [-0.1, -0.05) is 0 Å². The molecule has 0 aromatic carbocycles. The number of carboxylic acid groups (broad SMARTS) is 1. The quantitative estimate of drug-likeness (QED) is 0.777. The SMILES string of the molecule is CC(C)(C)OC(=O)C1=CC=NC1(C)CCC(=O)O. The zero-order valence-electron chi connectivity index (χ0n) is 11.2. The second kappa shape index (κ2) is 4.92. The Bertz CT molecular complexity index is 417. The molecule has 0 bridgehead atoms. The molecule has 0 radical (unpaired) electrons. The van der Waals surface area contributed by atoms with Crippen LogP contribution in [0.25, 0.3) is 0 Å². The summed E-state index contributed by atoms with van der Waals surface area (Å²) in [6, 6.07) is 0. The van der Waals surface area contributed by atoms with Gasteiger partial charge >= 0.3 is 11.9 Å². The van der Waals surface area contributed by atoms with E-state index >= 15 is 0 Å². The third-order valence-corrected chi connectivity index (χ3v) is 2.63. The van der Waals surface area contributed by atoms with Gasteiger partial charge in [-0.2, -0.15) is 0 Å². The number of carboxylic acids is 1. The molecule has 1 unspecified atom stereocenters. The fraction of sp³-hybridized carbons (Fsp3) is 0.615. The molecule has 0 saturated heterocycles. The van der Waals surface area contributed by atoms with Gasteiger partial charge in [0, 0.05) is 12.6 Å². The van der Waals surface area contributed by atoms with Crippen LogP contribution in [-0.4, -0.2) is 34.4 Å². The van der Waals surface area contributed by atoms with Gasteiger partial charge in [0.05, 0.1) is 11.1 Å². The van der Waals surface area contributed by atoms with Gasteiger partial charge in [-0.25, -0.2) is 4.79 Å². The summed E-state index contributed by atoms with van der Waals surface area (Å²) in [7, 11) is 0. The van der Waals surface area contributed by atoms with Crippen LogP contribution in [-0.2, 0) is 14.3 Å². The van der Waals surface area contributed by atoms with Gasteiger partial charge in [0.25, 0.3) is 0 Å². The summed E-state index contributed by atoms with van der Waals surface area (Å²) in [6.07, 6.45) is 3.37. The first kappa shape index (κ1) is 14.4. The van der Waals surface area contributed by atoms with Gasteiger partial charge in [0.2, 0.25) is 0 Å². The number of hydrogen-bond donors (Lipinski definition) is 1. The van der Waals surface area contributed by atoms with E-state index in [1.165, 1.54) is 6.21 Å². The lowest BCUT2D eigenvalue weighted by molar-refractivity contribution is -0.150. The zero-order valence-corrected chi connectivity index (χ0v) is 11.2. The number of rotatable bonds is 4. The number of carbonyl (C=O) groups is 2. The normalized spacial score (nSPS) is 22.8. The molecule has 1 atom stereocenters. The summed E-state index contributed by atoms with van der Waals surface area (Å²) in [5, 5.41) is 8.71. The smallest absolute Gasteiger partial charge is 0.337 e. The Morgan fingerprint density at radius 2 is 2.06 bits per heavy atom. The van der Waals surface area contributed by atoms with Crippen LogP contribution in [0.4, 0.5) is 0 Å². The molecule has 5 heteroatoms. The molecule has 18 heavy (non-hydrogen) atoms. The van der Waals surface area contributed by atoms with Crippen molar-refractivity contribution in [3.05, 3.63) is 11.6 Å². The van der Waals surface area contributed by atoms with Gasteiger partial charge in [0.1, 0.15) is 5.60 Å². The number of hydrogen-bond acceptors (Lipinski definition) is 4. The Labute approximate surface area is 107 Å². The summed E-state index contributed by atoms with van der Waals surface area (Å²) in [6.45, 7) is 7.11. The highest BCUT2D eigenvalue weighted by atomic mass is 16.6. The molecule has 0 spiro atoms. The molecule has 1 aliphatic rings. The third kappa shape index (κ3) is 3.68. The minimum absolute atomic E-state index is 0.0338. The standard InChI is InChI=1S/C13H19NO4/c1-12(2,3)18-11(17)9-6-8-14-13(9,4)7-5-10(15)16/h6,8H,5,7H2,1-4H3,(H,15,16). The van der Waals surface area contributed by atoms with E-state index in [1.807, 2.05) is 0 Å². The maximum atomic E-state index is 12.0. The number of allylic oxidation sites excluding steroid dienone is 1. The van der Waals surface area contributed by atoms with E-state index in [0.717, 1.165) is 0 Å². The topological polar surface area (TPSA) is 76.0 Å². The van der Waals surface area contributed by atoms with Crippen molar-refractivity contribution in [3.8, 4) is 0 Å². The highest BCUT2D eigenvalue weighted by Gasteiger charge is 2.37. The van der Waals surface area contributed by atoms with Crippen LogP contribution in [0.5, 0.6) is 0 Å². The molecule has 1 heterocycles. The van der Waals surface area contributed by atoms with Crippen LogP contribution < -0.4 is 0 Å². The van der Waals surface area contributed by atoms with E-state index in [2.05, 4.69) is 4.99 Å². The highest BCUT2D eigenvalue weighted by Crippen LogP contribution is 2.31. The molecule has 0 amide bonds. The van der Waals surface area contributed by atoms with E-state index in [-0.39, 0.29) is 12.8 Å². The van der Waals surface area contributed by atoms with Crippen LogP contribution in [0.2, 0.25) is 0 Å². The second-order valence-corrected chi connectivity index (χ2v) is 5.53. The van der Waals surface area contributed by atoms with Crippen molar-refractivity contribution in [1.29, 1.82) is 0 Å². The molecule has 0 aromatic heterocycles. The van der Waals surface area contributed by atoms with Gasteiger partial charge in [-0.05, 0) is 40.2 Å². The summed E-state index contributed by atoms with van der Waals surface area (Å²) < 4.78 is 5.29. The van der Waals surface area contributed by atoms with E-state index in [4.69, 9.17) is 9.84 Å². The Morgan fingerprint density at radius 3 is 2.56 bits per heavy atom. The van der Waals surface area contributed by atoms with Crippen LogP contribution in [0.15, 0.2) is 16.6 Å². The molecule has 100 valence electrons.